The third kappa shape index (κ3) is 3.13. The van der Waals surface area contributed by atoms with Gasteiger partial charge in [0.05, 0.1) is 6.61 Å². The van der Waals surface area contributed by atoms with E-state index in [1.807, 2.05) is 19.1 Å². The fourth-order valence-electron chi connectivity index (χ4n) is 2.68. The van der Waals surface area contributed by atoms with Gasteiger partial charge in [0.2, 0.25) is 0 Å². The number of pyridine rings is 1. The molecule has 0 saturated heterocycles. The van der Waals surface area contributed by atoms with Crippen LogP contribution in [-0.4, -0.2) is 24.2 Å². The van der Waals surface area contributed by atoms with Crippen molar-refractivity contribution in [2.24, 2.45) is 11.7 Å². The zero-order valence-corrected chi connectivity index (χ0v) is 11.1. The molecular formula is C14H23N3O. The average molecular weight is 249 g/mol. The minimum Gasteiger partial charge on any atom is -0.490 e. The molecule has 0 aliphatic heterocycles. The Kier molecular flexibility index (Phi) is 4.81. The fourth-order valence-corrected chi connectivity index (χ4v) is 2.68. The van der Waals surface area contributed by atoms with E-state index < -0.39 is 0 Å². The van der Waals surface area contributed by atoms with Crippen molar-refractivity contribution in [1.29, 1.82) is 0 Å². The van der Waals surface area contributed by atoms with E-state index in [1.165, 1.54) is 25.7 Å². The number of hydrogen-bond donors (Lipinski definition) is 2. The maximum absolute atomic E-state index is 5.89. The highest BCUT2D eigenvalue weighted by Crippen LogP contribution is 2.30. The van der Waals surface area contributed by atoms with Gasteiger partial charge >= 0.3 is 0 Å². The SMILES string of the molecule is CCOc1cccnc1NC(CN)C1CCCC1. The smallest absolute Gasteiger partial charge is 0.169 e. The first-order valence-electron chi connectivity index (χ1n) is 6.89. The lowest BCUT2D eigenvalue weighted by Crippen LogP contribution is -2.35. The van der Waals surface area contributed by atoms with Gasteiger partial charge in [0, 0.05) is 18.8 Å². The van der Waals surface area contributed by atoms with Gasteiger partial charge in [-0.15, -0.1) is 0 Å². The molecule has 3 N–H and O–H groups in total. The Morgan fingerprint density at radius 3 is 2.94 bits per heavy atom. The van der Waals surface area contributed by atoms with Crippen molar-refractivity contribution >= 4 is 5.82 Å². The number of rotatable bonds is 6. The van der Waals surface area contributed by atoms with E-state index in [0.29, 0.717) is 25.1 Å². The van der Waals surface area contributed by atoms with Crippen molar-refractivity contribution < 1.29 is 4.74 Å². The first-order valence-corrected chi connectivity index (χ1v) is 6.89. The first kappa shape index (κ1) is 13.1. The highest BCUT2D eigenvalue weighted by molar-refractivity contribution is 5.50. The number of anilines is 1. The summed E-state index contributed by atoms with van der Waals surface area (Å²) in [5.41, 5.74) is 5.89. The molecule has 1 aliphatic rings. The molecule has 0 spiro atoms. The second kappa shape index (κ2) is 6.59. The van der Waals surface area contributed by atoms with Crippen molar-refractivity contribution in [1.82, 2.24) is 4.98 Å². The summed E-state index contributed by atoms with van der Waals surface area (Å²) >= 11 is 0. The van der Waals surface area contributed by atoms with Crippen molar-refractivity contribution in [3.05, 3.63) is 18.3 Å². The van der Waals surface area contributed by atoms with Crippen molar-refractivity contribution in [2.75, 3.05) is 18.5 Å². The predicted molar refractivity (Wildman–Crippen MR) is 73.8 cm³/mol. The number of ether oxygens (including phenoxy) is 1. The predicted octanol–water partition coefficient (Wildman–Crippen LogP) is 2.41. The highest BCUT2D eigenvalue weighted by Gasteiger charge is 2.24. The molecule has 1 aromatic heterocycles. The molecule has 1 fully saturated rings. The quantitative estimate of drug-likeness (QED) is 0.813. The van der Waals surface area contributed by atoms with E-state index in [1.54, 1.807) is 6.20 Å². The van der Waals surface area contributed by atoms with Gasteiger partial charge in [-0.25, -0.2) is 4.98 Å². The van der Waals surface area contributed by atoms with Crippen LogP contribution < -0.4 is 15.8 Å². The molecule has 0 bridgehead atoms. The summed E-state index contributed by atoms with van der Waals surface area (Å²) in [6, 6.07) is 4.14. The molecule has 0 amide bonds. The van der Waals surface area contributed by atoms with Crippen molar-refractivity contribution in [2.45, 2.75) is 38.6 Å². The number of hydrogen-bond acceptors (Lipinski definition) is 4. The lowest BCUT2D eigenvalue weighted by Gasteiger charge is -2.24. The normalized spacial score (nSPS) is 17.7. The monoisotopic (exact) mass is 249 g/mol. The maximum atomic E-state index is 5.89. The maximum Gasteiger partial charge on any atom is 0.169 e. The number of aromatic nitrogens is 1. The van der Waals surface area contributed by atoms with E-state index in [2.05, 4.69) is 10.3 Å². The molecule has 0 radical (unpaired) electrons. The molecule has 1 heterocycles. The van der Waals surface area contributed by atoms with Gasteiger partial charge in [-0.3, -0.25) is 0 Å². The van der Waals surface area contributed by atoms with E-state index in [9.17, 15) is 0 Å². The van der Waals surface area contributed by atoms with Crippen LogP contribution in [0.1, 0.15) is 32.6 Å². The Morgan fingerprint density at radius 2 is 2.28 bits per heavy atom. The average Bonchev–Trinajstić information content (AvgIpc) is 2.92. The van der Waals surface area contributed by atoms with Gasteiger partial charge in [0.1, 0.15) is 0 Å². The summed E-state index contributed by atoms with van der Waals surface area (Å²) < 4.78 is 5.58. The summed E-state index contributed by atoms with van der Waals surface area (Å²) in [6.45, 7) is 3.28. The molecule has 2 rings (SSSR count). The van der Waals surface area contributed by atoms with Crippen LogP contribution in [0.3, 0.4) is 0 Å². The molecule has 0 aromatic carbocycles. The second-order valence-corrected chi connectivity index (χ2v) is 4.81. The van der Waals surface area contributed by atoms with Gasteiger partial charge in [-0.2, -0.15) is 0 Å². The van der Waals surface area contributed by atoms with Gasteiger partial charge in [-0.05, 0) is 37.8 Å². The van der Waals surface area contributed by atoms with Crippen LogP contribution in [0.4, 0.5) is 5.82 Å². The lowest BCUT2D eigenvalue weighted by molar-refractivity contribution is 0.339. The second-order valence-electron chi connectivity index (χ2n) is 4.81. The fraction of sp³-hybridized carbons (Fsp3) is 0.643. The van der Waals surface area contributed by atoms with Gasteiger partial charge < -0.3 is 15.8 Å². The van der Waals surface area contributed by atoms with E-state index in [0.717, 1.165) is 11.6 Å². The van der Waals surface area contributed by atoms with Crippen LogP contribution in [0.2, 0.25) is 0 Å². The molecule has 1 aliphatic carbocycles. The third-order valence-electron chi connectivity index (χ3n) is 3.62. The molecule has 4 nitrogen and oxygen atoms in total. The van der Waals surface area contributed by atoms with E-state index in [-0.39, 0.29) is 0 Å². The summed E-state index contributed by atoms with van der Waals surface area (Å²) in [6.07, 6.45) is 6.97. The zero-order valence-electron chi connectivity index (χ0n) is 11.1. The highest BCUT2D eigenvalue weighted by atomic mass is 16.5. The molecule has 100 valence electrons. The number of nitrogens with one attached hydrogen (secondary N) is 1. The Labute approximate surface area is 109 Å². The van der Waals surface area contributed by atoms with Crippen LogP contribution in [0.5, 0.6) is 5.75 Å². The zero-order chi connectivity index (χ0) is 12.8. The Morgan fingerprint density at radius 1 is 1.50 bits per heavy atom. The van der Waals surface area contributed by atoms with Gasteiger partial charge in [-0.1, -0.05) is 12.8 Å². The molecule has 1 unspecified atom stereocenters. The summed E-state index contributed by atoms with van der Waals surface area (Å²) in [7, 11) is 0. The van der Waals surface area contributed by atoms with Gasteiger partial charge in [0.15, 0.2) is 11.6 Å². The summed E-state index contributed by atoms with van der Waals surface area (Å²) in [4.78, 5) is 4.36. The van der Waals surface area contributed by atoms with E-state index >= 15 is 0 Å². The molecule has 1 atom stereocenters. The Balaban J connectivity index is 2.06. The molecule has 18 heavy (non-hydrogen) atoms. The van der Waals surface area contributed by atoms with Crippen LogP contribution in [0, 0.1) is 5.92 Å². The van der Waals surface area contributed by atoms with Crippen molar-refractivity contribution in [3.8, 4) is 5.75 Å². The lowest BCUT2D eigenvalue weighted by atomic mass is 9.98. The largest absolute Gasteiger partial charge is 0.490 e. The standard InChI is InChI=1S/C14H23N3O/c1-2-18-13-8-5-9-16-14(13)17-12(10-15)11-6-3-4-7-11/h5,8-9,11-12H,2-4,6-7,10,15H2,1H3,(H,16,17). The van der Waals surface area contributed by atoms with Crippen LogP contribution in [-0.2, 0) is 0 Å². The van der Waals surface area contributed by atoms with Gasteiger partial charge in [0.25, 0.3) is 0 Å². The van der Waals surface area contributed by atoms with Crippen LogP contribution in [0.25, 0.3) is 0 Å². The molecular weight excluding hydrogens is 226 g/mol. The minimum absolute atomic E-state index is 0.307. The first-order chi connectivity index (χ1) is 8.85. The molecule has 1 aromatic rings. The summed E-state index contributed by atoms with van der Waals surface area (Å²) in [5.74, 6) is 2.31. The van der Waals surface area contributed by atoms with Crippen molar-refractivity contribution in [3.63, 3.8) is 0 Å². The molecule has 1 saturated carbocycles. The summed E-state index contributed by atoms with van der Waals surface area (Å²) in [5, 5.41) is 3.46. The third-order valence-corrected chi connectivity index (χ3v) is 3.62. The van der Waals surface area contributed by atoms with E-state index in [4.69, 9.17) is 10.5 Å². The molecule has 4 heteroatoms. The Bertz CT molecular complexity index is 364. The Hall–Kier alpha value is -1.29. The number of nitrogens with two attached hydrogens (primary N) is 1. The minimum atomic E-state index is 0.307. The topological polar surface area (TPSA) is 60.2 Å². The number of nitrogens with zero attached hydrogens (tertiary/aromatic N) is 1. The van der Waals surface area contributed by atoms with Crippen LogP contribution >= 0.6 is 0 Å². The van der Waals surface area contributed by atoms with Crippen LogP contribution in [0.15, 0.2) is 18.3 Å².